The molecule has 0 aromatic rings. The topological polar surface area (TPSA) is 0 Å². The van der Waals surface area contributed by atoms with Gasteiger partial charge < -0.3 is 0 Å². The normalized spacial score (nSPS) is 15.4. The zero-order valence-electron chi connectivity index (χ0n) is 8.95. The maximum atomic E-state index is 3.74. The van der Waals surface area contributed by atoms with Crippen molar-refractivity contribution in [2.24, 2.45) is 0 Å². The number of hydrogen-bond donors (Lipinski definition) is 0. The first kappa shape index (κ1) is 15.4. The van der Waals surface area contributed by atoms with Gasteiger partial charge in [0.25, 0.3) is 0 Å². The smallest absolute Gasteiger partial charge is 0.0153 e. The maximum Gasteiger partial charge on any atom is 0.0153 e. The summed E-state index contributed by atoms with van der Waals surface area (Å²) in [4.78, 5) is 1.44. The molecule has 2 unspecified atom stereocenters. The van der Waals surface area contributed by atoms with Gasteiger partial charge in [-0.05, 0) is 25.7 Å². The third-order valence-corrected chi connectivity index (χ3v) is 4.62. The molecule has 0 N–H and O–H groups in total. The van der Waals surface area contributed by atoms with Crippen molar-refractivity contribution in [3.05, 3.63) is 0 Å². The van der Waals surface area contributed by atoms with Crippen LogP contribution in [0.4, 0.5) is 0 Å². The molecule has 0 nitrogen and oxygen atoms in total. The fourth-order valence-corrected chi connectivity index (χ4v) is 3.76. The molecule has 0 heterocycles. The molecule has 0 aliphatic heterocycles. The van der Waals surface area contributed by atoms with Crippen LogP contribution >= 0.6 is 47.8 Å². The first-order chi connectivity index (χ1) is 6.70. The standard InChI is InChI=1S/C11H21Br3/c1-2-3-5-10(13)6-4-7-11(14)8-9-12/h10-11H,2-9H2,1H3. The fraction of sp³-hybridized carbons (Fsp3) is 1.00. The van der Waals surface area contributed by atoms with Crippen molar-refractivity contribution in [3.8, 4) is 0 Å². The van der Waals surface area contributed by atoms with Crippen molar-refractivity contribution in [2.45, 2.75) is 61.5 Å². The lowest BCUT2D eigenvalue weighted by molar-refractivity contribution is 0.598. The summed E-state index contributed by atoms with van der Waals surface area (Å²) >= 11 is 10.9. The molecule has 0 aliphatic carbocycles. The molecule has 0 aliphatic rings. The molecule has 14 heavy (non-hydrogen) atoms. The monoisotopic (exact) mass is 390 g/mol. The van der Waals surface area contributed by atoms with E-state index < -0.39 is 0 Å². The molecule has 0 amide bonds. The lowest BCUT2D eigenvalue weighted by atomic mass is 10.1. The average molecular weight is 393 g/mol. The first-order valence-electron chi connectivity index (χ1n) is 5.54. The fourth-order valence-electron chi connectivity index (χ4n) is 1.39. The minimum absolute atomic E-state index is 0.702. The summed E-state index contributed by atoms with van der Waals surface area (Å²) in [6.07, 6.45) is 9.21. The van der Waals surface area contributed by atoms with E-state index in [2.05, 4.69) is 54.7 Å². The maximum absolute atomic E-state index is 3.74. The third kappa shape index (κ3) is 9.97. The van der Waals surface area contributed by atoms with E-state index in [1.165, 1.54) is 44.9 Å². The highest BCUT2D eigenvalue weighted by molar-refractivity contribution is 9.10. The molecule has 0 rings (SSSR count). The summed E-state index contributed by atoms with van der Waals surface area (Å²) in [7, 11) is 0. The van der Waals surface area contributed by atoms with Gasteiger partial charge in [0.05, 0.1) is 0 Å². The SMILES string of the molecule is CCCCC(Br)CCCC(Br)CCBr. The number of hydrogen-bond acceptors (Lipinski definition) is 0. The Morgan fingerprint density at radius 3 is 1.86 bits per heavy atom. The summed E-state index contributed by atoms with van der Waals surface area (Å²) in [6, 6.07) is 0. The van der Waals surface area contributed by atoms with E-state index in [-0.39, 0.29) is 0 Å². The van der Waals surface area contributed by atoms with Crippen LogP contribution in [0.3, 0.4) is 0 Å². The molecular weight excluding hydrogens is 372 g/mol. The molecule has 0 aromatic carbocycles. The summed E-state index contributed by atoms with van der Waals surface area (Å²) in [5.41, 5.74) is 0. The highest BCUT2D eigenvalue weighted by Gasteiger charge is 2.06. The van der Waals surface area contributed by atoms with Crippen molar-refractivity contribution in [1.29, 1.82) is 0 Å². The van der Waals surface area contributed by atoms with Crippen LogP contribution in [0.5, 0.6) is 0 Å². The Morgan fingerprint density at radius 1 is 0.857 bits per heavy atom. The van der Waals surface area contributed by atoms with Crippen LogP contribution in [-0.4, -0.2) is 15.0 Å². The van der Waals surface area contributed by atoms with E-state index in [4.69, 9.17) is 0 Å². The van der Waals surface area contributed by atoms with Gasteiger partial charge >= 0.3 is 0 Å². The van der Waals surface area contributed by atoms with Gasteiger partial charge in [-0.25, -0.2) is 0 Å². The molecule has 86 valence electrons. The van der Waals surface area contributed by atoms with Crippen LogP contribution in [0, 0.1) is 0 Å². The van der Waals surface area contributed by atoms with Crippen molar-refractivity contribution in [2.75, 3.05) is 5.33 Å². The van der Waals surface area contributed by atoms with Crippen LogP contribution in [0.25, 0.3) is 0 Å². The second-order valence-corrected chi connectivity index (χ2v) is 7.13. The Morgan fingerprint density at radius 2 is 1.36 bits per heavy atom. The number of unbranched alkanes of at least 4 members (excludes halogenated alkanes) is 1. The Labute approximate surface area is 114 Å². The molecule has 0 aromatic heterocycles. The zero-order valence-corrected chi connectivity index (χ0v) is 13.7. The summed E-state index contributed by atoms with van der Waals surface area (Å²) in [6.45, 7) is 2.25. The van der Waals surface area contributed by atoms with Gasteiger partial charge in [0.1, 0.15) is 0 Å². The van der Waals surface area contributed by atoms with Gasteiger partial charge in [0.2, 0.25) is 0 Å². The molecule has 0 spiro atoms. The van der Waals surface area contributed by atoms with Crippen LogP contribution < -0.4 is 0 Å². The predicted octanol–water partition coefficient (Wildman–Crippen LogP) is 5.66. The average Bonchev–Trinajstić information content (AvgIpc) is 2.15. The van der Waals surface area contributed by atoms with Gasteiger partial charge in [-0.2, -0.15) is 0 Å². The largest absolute Gasteiger partial charge is 0.0928 e. The van der Waals surface area contributed by atoms with E-state index in [9.17, 15) is 0 Å². The minimum atomic E-state index is 0.702. The lowest BCUT2D eigenvalue weighted by Crippen LogP contribution is -2.02. The van der Waals surface area contributed by atoms with E-state index in [0.717, 1.165) is 10.2 Å². The van der Waals surface area contributed by atoms with Crippen LogP contribution in [0.1, 0.15) is 51.9 Å². The first-order valence-corrected chi connectivity index (χ1v) is 8.50. The van der Waals surface area contributed by atoms with Crippen LogP contribution in [-0.2, 0) is 0 Å². The van der Waals surface area contributed by atoms with Crippen molar-refractivity contribution in [1.82, 2.24) is 0 Å². The van der Waals surface area contributed by atoms with Gasteiger partial charge in [-0.15, -0.1) is 0 Å². The number of alkyl halides is 3. The second-order valence-electron chi connectivity index (χ2n) is 3.75. The minimum Gasteiger partial charge on any atom is -0.0928 e. The molecule has 0 saturated carbocycles. The van der Waals surface area contributed by atoms with Crippen molar-refractivity contribution >= 4 is 47.8 Å². The Kier molecular flexibility index (Phi) is 12.1. The van der Waals surface area contributed by atoms with Crippen LogP contribution in [0.2, 0.25) is 0 Å². The van der Waals surface area contributed by atoms with E-state index in [1.54, 1.807) is 0 Å². The molecule has 0 saturated heterocycles. The van der Waals surface area contributed by atoms with E-state index in [0.29, 0.717) is 4.83 Å². The van der Waals surface area contributed by atoms with Crippen molar-refractivity contribution < 1.29 is 0 Å². The van der Waals surface area contributed by atoms with Crippen LogP contribution in [0.15, 0.2) is 0 Å². The number of halogens is 3. The lowest BCUT2D eigenvalue weighted by Gasteiger charge is -2.11. The molecule has 0 fully saturated rings. The number of rotatable bonds is 9. The second kappa shape index (κ2) is 10.9. The highest BCUT2D eigenvalue weighted by atomic mass is 79.9. The molecule has 2 atom stereocenters. The van der Waals surface area contributed by atoms with Gasteiger partial charge in [-0.3, -0.25) is 0 Å². The molecule has 0 bridgehead atoms. The van der Waals surface area contributed by atoms with Gasteiger partial charge in [0, 0.05) is 15.0 Å². The quantitative estimate of drug-likeness (QED) is 0.444. The highest BCUT2D eigenvalue weighted by Crippen LogP contribution is 2.20. The summed E-state index contributed by atoms with van der Waals surface area (Å²) in [5, 5.41) is 1.11. The molecule has 0 radical (unpaired) electrons. The molecular formula is C11H21Br3. The van der Waals surface area contributed by atoms with Crippen molar-refractivity contribution in [3.63, 3.8) is 0 Å². The van der Waals surface area contributed by atoms with Gasteiger partial charge in [0.15, 0.2) is 0 Å². The molecule has 3 heteroatoms. The van der Waals surface area contributed by atoms with E-state index >= 15 is 0 Å². The Hall–Kier alpha value is 1.44. The van der Waals surface area contributed by atoms with E-state index in [1.807, 2.05) is 0 Å². The summed E-state index contributed by atoms with van der Waals surface area (Å²) in [5.74, 6) is 0. The predicted molar refractivity (Wildman–Crippen MR) is 77.2 cm³/mol. The Bertz CT molecular complexity index is 117. The zero-order chi connectivity index (χ0) is 10.8. The summed E-state index contributed by atoms with van der Waals surface area (Å²) < 4.78 is 0. The third-order valence-electron chi connectivity index (χ3n) is 2.33. The Balaban J connectivity index is 3.25. The van der Waals surface area contributed by atoms with Gasteiger partial charge in [-0.1, -0.05) is 74.0 Å².